The summed E-state index contributed by atoms with van der Waals surface area (Å²) < 4.78 is 24.5. The van der Waals surface area contributed by atoms with Gasteiger partial charge in [-0.3, -0.25) is 0 Å². The molecule has 2 aromatic carbocycles. The normalized spacial score (nSPS) is 19.6. The summed E-state index contributed by atoms with van der Waals surface area (Å²) >= 11 is 0. The molecule has 2 aromatic rings. The lowest BCUT2D eigenvalue weighted by molar-refractivity contribution is 0.190. The van der Waals surface area contributed by atoms with Crippen LogP contribution in [0.15, 0.2) is 53.6 Å². The maximum Gasteiger partial charge on any atom is 0.163 e. The molecule has 166 valence electrons. The quantitative estimate of drug-likeness (QED) is 0.448. The molecule has 0 fully saturated rings. The van der Waals surface area contributed by atoms with Gasteiger partial charge in [0.05, 0.1) is 18.5 Å². The summed E-state index contributed by atoms with van der Waals surface area (Å²) in [6.45, 7) is 4.91. The largest absolute Gasteiger partial charge is 0.507 e. The Morgan fingerprint density at radius 2 is 1.74 bits per heavy atom. The Morgan fingerprint density at radius 3 is 2.32 bits per heavy atom. The first-order valence-electron chi connectivity index (χ1n) is 10.4. The third kappa shape index (κ3) is 5.09. The molecule has 1 aliphatic rings. The molecule has 0 spiro atoms. The Morgan fingerprint density at radius 1 is 1.13 bits per heavy atom. The van der Waals surface area contributed by atoms with Crippen LogP contribution < -0.4 is 0 Å². The van der Waals surface area contributed by atoms with Crippen LogP contribution in [-0.2, 0) is 9.84 Å². The number of aliphatic hydroxyl groups is 2. The molecule has 3 rings (SSSR count). The molecule has 6 heteroatoms. The van der Waals surface area contributed by atoms with Crippen molar-refractivity contribution in [1.29, 1.82) is 0 Å². The average Bonchev–Trinajstić information content (AvgIpc) is 2.96. The highest BCUT2D eigenvalue weighted by Crippen LogP contribution is 2.33. The summed E-state index contributed by atoms with van der Waals surface area (Å²) in [4.78, 5) is 0. The van der Waals surface area contributed by atoms with E-state index < -0.39 is 27.8 Å². The van der Waals surface area contributed by atoms with Gasteiger partial charge in [0, 0.05) is 0 Å². The fourth-order valence-electron chi connectivity index (χ4n) is 4.34. The van der Waals surface area contributed by atoms with E-state index in [9.17, 15) is 23.7 Å². The van der Waals surface area contributed by atoms with Gasteiger partial charge in [-0.25, -0.2) is 8.42 Å². The third-order valence-corrected chi connectivity index (χ3v) is 8.01. The first-order valence-corrected chi connectivity index (χ1v) is 12.1. The van der Waals surface area contributed by atoms with Crippen LogP contribution in [0.4, 0.5) is 0 Å². The minimum Gasteiger partial charge on any atom is -0.507 e. The highest BCUT2D eigenvalue weighted by Gasteiger charge is 2.39. The topological polar surface area (TPSA) is 94.8 Å². The van der Waals surface area contributed by atoms with Crippen molar-refractivity contribution in [1.82, 2.24) is 0 Å². The summed E-state index contributed by atoms with van der Waals surface area (Å²) in [5.74, 6) is 0.173. The summed E-state index contributed by atoms with van der Waals surface area (Å²) in [5.41, 5.74) is 5.62. The predicted octanol–water partition coefficient (Wildman–Crippen LogP) is 3.80. The van der Waals surface area contributed by atoms with Crippen LogP contribution >= 0.6 is 0 Å². The van der Waals surface area contributed by atoms with Crippen molar-refractivity contribution in [2.24, 2.45) is 0 Å². The van der Waals surface area contributed by atoms with Gasteiger partial charge >= 0.3 is 0 Å². The van der Waals surface area contributed by atoms with Crippen LogP contribution in [0.25, 0.3) is 11.6 Å². The molecule has 0 aromatic heterocycles. The standard InChI is InChI=1S/C25H30O5S/c1-16-11-19(12-17(2)25(16)28)13-21(20-7-5-4-6-8-20)9-10-22(27)24-18(3)15-31(29,30)23(24)14-26/h4-8,11-13,22-23,26-28H,9-10,14-15H2,1-3H3/b21-13-/t22-,23+/m1/s1. The van der Waals surface area contributed by atoms with E-state index >= 15 is 0 Å². The van der Waals surface area contributed by atoms with Crippen LogP contribution in [0.2, 0.25) is 0 Å². The molecule has 0 saturated carbocycles. The lowest BCUT2D eigenvalue weighted by Crippen LogP contribution is -2.29. The number of aliphatic hydroxyl groups excluding tert-OH is 2. The summed E-state index contributed by atoms with van der Waals surface area (Å²) in [7, 11) is -3.46. The highest BCUT2D eigenvalue weighted by molar-refractivity contribution is 7.92. The van der Waals surface area contributed by atoms with Crippen LogP contribution in [0.3, 0.4) is 0 Å². The maximum atomic E-state index is 12.3. The van der Waals surface area contributed by atoms with Gasteiger partial charge in [0.25, 0.3) is 0 Å². The van der Waals surface area contributed by atoms with E-state index in [2.05, 4.69) is 0 Å². The summed E-state index contributed by atoms with van der Waals surface area (Å²) in [5, 5.41) is 29.5. The highest BCUT2D eigenvalue weighted by atomic mass is 32.2. The molecule has 1 aliphatic heterocycles. The van der Waals surface area contributed by atoms with Crippen molar-refractivity contribution in [2.45, 2.75) is 45.0 Å². The number of aryl methyl sites for hydroxylation is 2. The minimum atomic E-state index is -3.46. The van der Waals surface area contributed by atoms with E-state index in [1.165, 1.54) is 0 Å². The molecule has 0 amide bonds. The summed E-state index contributed by atoms with van der Waals surface area (Å²) in [6.07, 6.45) is 1.97. The fourth-order valence-corrected chi connectivity index (χ4v) is 6.28. The molecule has 0 radical (unpaired) electrons. The first kappa shape index (κ1) is 23.3. The molecule has 5 nitrogen and oxygen atoms in total. The lowest BCUT2D eigenvalue weighted by Gasteiger charge is -2.19. The fraction of sp³-hybridized carbons (Fsp3) is 0.360. The lowest BCUT2D eigenvalue weighted by atomic mass is 9.92. The minimum absolute atomic E-state index is 0.113. The van der Waals surface area contributed by atoms with Crippen molar-refractivity contribution >= 4 is 21.5 Å². The number of hydrogen-bond donors (Lipinski definition) is 3. The number of benzene rings is 2. The Bertz CT molecular complexity index is 1090. The van der Waals surface area contributed by atoms with Crippen LogP contribution in [0.5, 0.6) is 5.75 Å². The van der Waals surface area contributed by atoms with Crippen LogP contribution in [0, 0.1) is 13.8 Å². The van der Waals surface area contributed by atoms with Gasteiger partial charge in [0.1, 0.15) is 11.0 Å². The molecule has 0 bridgehead atoms. The van der Waals surface area contributed by atoms with Crippen molar-refractivity contribution in [3.63, 3.8) is 0 Å². The zero-order chi connectivity index (χ0) is 22.8. The molecule has 0 saturated heterocycles. The van der Waals surface area contributed by atoms with Crippen LogP contribution in [0.1, 0.15) is 42.0 Å². The zero-order valence-electron chi connectivity index (χ0n) is 18.2. The maximum absolute atomic E-state index is 12.3. The number of allylic oxidation sites excluding steroid dienone is 1. The zero-order valence-corrected chi connectivity index (χ0v) is 19.0. The van der Waals surface area contributed by atoms with E-state index in [1.807, 2.05) is 62.4 Å². The van der Waals surface area contributed by atoms with Gasteiger partial charge in [-0.1, -0.05) is 42.0 Å². The van der Waals surface area contributed by atoms with E-state index in [0.717, 1.165) is 27.8 Å². The van der Waals surface area contributed by atoms with E-state index in [0.29, 0.717) is 24.0 Å². The van der Waals surface area contributed by atoms with Gasteiger partial charge in [0.2, 0.25) is 0 Å². The van der Waals surface area contributed by atoms with Gasteiger partial charge in [-0.05, 0) is 79.1 Å². The van der Waals surface area contributed by atoms with E-state index in [1.54, 1.807) is 6.92 Å². The SMILES string of the molecule is CC1=C([C@H](O)CC/C(=C/c2cc(C)c(O)c(C)c2)c2ccccc2)[C@H](CO)S(=O)(=O)C1. The van der Waals surface area contributed by atoms with Gasteiger partial charge in [0.15, 0.2) is 9.84 Å². The molecule has 1 heterocycles. The number of phenolic OH excluding ortho intramolecular Hbond substituents is 1. The Balaban J connectivity index is 1.90. The molecular weight excluding hydrogens is 412 g/mol. The number of phenols is 1. The Kier molecular flexibility index (Phi) is 7.04. The molecule has 0 aliphatic carbocycles. The molecular formula is C25H30O5S. The Labute approximate surface area is 184 Å². The van der Waals surface area contributed by atoms with Crippen molar-refractivity contribution < 1.29 is 23.7 Å². The van der Waals surface area contributed by atoms with Gasteiger partial charge in [-0.15, -0.1) is 0 Å². The summed E-state index contributed by atoms with van der Waals surface area (Å²) in [6, 6.07) is 13.7. The van der Waals surface area contributed by atoms with Crippen LogP contribution in [-0.4, -0.2) is 47.5 Å². The predicted molar refractivity (Wildman–Crippen MR) is 124 cm³/mol. The Hall–Kier alpha value is -2.41. The molecule has 3 N–H and O–H groups in total. The number of aromatic hydroxyl groups is 1. The second-order valence-corrected chi connectivity index (χ2v) is 10.5. The number of sulfone groups is 1. The third-order valence-electron chi connectivity index (χ3n) is 5.90. The van der Waals surface area contributed by atoms with E-state index in [4.69, 9.17) is 0 Å². The molecule has 31 heavy (non-hydrogen) atoms. The van der Waals surface area contributed by atoms with Crippen molar-refractivity contribution in [3.05, 3.63) is 75.9 Å². The molecule has 0 unspecified atom stereocenters. The first-order chi connectivity index (χ1) is 14.6. The second-order valence-electron chi connectivity index (χ2n) is 8.31. The second kappa shape index (κ2) is 9.39. The average molecular weight is 443 g/mol. The molecule has 2 atom stereocenters. The van der Waals surface area contributed by atoms with Gasteiger partial charge in [-0.2, -0.15) is 0 Å². The number of hydrogen-bond acceptors (Lipinski definition) is 5. The van der Waals surface area contributed by atoms with E-state index in [-0.39, 0.29) is 11.5 Å². The monoisotopic (exact) mass is 442 g/mol. The van der Waals surface area contributed by atoms with Crippen molar-refractivity contribution in [2.75, 3.05) is 12.4 Å². The van der Waals surface area contributed by atoms with Crippen molar-refractivity contribution in [3.8, 4) is 5.75 Å². The smallest absolute Gasteiger partial charge is 0.163 e. The van der Waals surface area contributed by atoms with Gasteiger partial charge < -0.3 is 15.3 Å². The number of rotatable bonds is 7.